The van der Waals surface area contributed by atoms with Gasteiger partial charge in [0.2, 0.25) is 5.91 Å². The first kappa shape index (κ1) is 22.2. The molecule has 2 aromatic heterocycles. The van der Waals surface area contributed by atoms with E-state index < -0.39 is 0 Å². The molecule has 7 heteroatoms. The Morgan fingerprint density at radius 1 is 1.13 bits per heavy atom. The molecule has 1 saturated carbocycles. The number of aromatic nitrogens is 2. The van der Waals surface area contributed by atoms with Crippen molar-refractivity contribution in [3.8, 4) is 0 Å². The zero-order valence-electron chi connectivity index (χ0n) is 19.1. The molecule has 2 atom stereocenters. The molecule has 0 spiro atoms. The van der Waals surface area contributed by atoms with Gasteiger partial charge >= 0.3 is 0 Å². The van der Waals surface area contributed by atoms with Crippen LogP contribution in [0, 0.1) is 22.2 Å². The Kier molecular flexibility index (Phi) is 5.19. The third-order valence-corrected chi connectivity index (χ3v) is 9.36. The number of amides is 2. The molecule has 1 N–H and O–H groups in total. The van der Waals surface area contributed by atoms with Crippen molar-refractivity contribution in [1.29, 1.82) is 0 Å². The Morgan fingerprint density at radius 3 is 2.45 bits per heavy atom. The molecule has 2 fully saturated rings. The third-order valence-electron chi connectivity index (χ3n) is 8.78. The van der Waals surface area contributed by atoms with Crippen molar-refractivity contribution in [3.63, 3.8) is 0 Å². The number of halogens is 1. The lowest BCUT2D eigenvalue weighted by Gasteiger charge is -2.39. The molecule has 0 radical (unpaired) electrons. The van der Waals surface area contributed by atoms with Crippen LogP contribution in [0.3, 0.4) is 0 Å². The van der Waals surface area contributed by atoms with Crippen molar-refractivity contribution >= 4 is 38.6 Å². The average molecular weight is 487 g/mol. The summed E-state index contributed by atoms with van der Waals surface area (Å²) in [6.45, 7) is 14.2. The van der Waals surface area contributed by atoms with Crippen LogP contribution in [0.1, 0.15) is 58.5 Å². The van der Waals surface area contributed by atoms with Crippen LogP contribution in [0.4, 0.5) is 0 Å². The molecular formula is C24H31BrN4O2. The van der Waals surface area contributed by atoms with E-state index in [0.29, 0.717) is 17.8 Å². The standard InChI is InChI=1S/C24H31BrN4O2/c1-14-9-10-29(21(31)24(6)22(2,3)23(24,4)5)13-18(14)28-20(30)17-8-7-15-11-26-12-16(25)19(15)27-17/h7-8,11-12,14,18H,9-10,13H2,1-6H3,(H,28,30). The van der Waals surface area contributed by atoms with Gasteiger partial charge in [-0.15, -0.1) is 0 Å². The predicted octanol–water partition coefficient (Wildman–Crippen LogP) is 4.43. The number of hydrogen-bond donors (Lipinski definition) is 1. The molecule has 166 valence electrons. The fraction of sp³-hybridized carbons (Fsp3) is 0.583. The second-order valence-electron chi connectivity index (χ2n) is 10.4. The number of likely N-dealkylation sites (tertiary alicyclic amines) is 1. The average Bonchev–Trinajstić information content (AvgIpc) is 3.05. The molecule has 2 amide bonds. The lowest BCUT2D eigenvalue weighted by molar-refractivity contribution is -0.140. The molecule has 3 heterocycles. The highest BCUT2D eigenvalue weighted by molar-refractivity contribution is 9.10. The summed E-state index contributed by atoms with van der Waals surface area (Å²) < 4.78 is 0.755. The predicted molar refractivity (Wildman–Crippen MR) is 125 cm³/mol. The molecule has 2 unspecified atom stereocenters. The topological polar surface area (TPSA) is 75.2 Å². The Hall–Kier alpha value is -2.02. The summed E-state index contributed by atoms with van der Waals surface area (Å²) in [4.78, 5) is 37.1. The number of nitrogens with zero attached hydrogens (tertiary/aromatic N) is 3. The zero-order chi connectivity index (χ0) is 22.8. The maximum Gasteiger partial charge on any atom is 0.270 e. The second kappa shape index (κ2) is 7.26. The van der Waals surface area contributed by atoms with Crippen LogP contribution < -0.4 is 5.32 Å². The van der Waals surface area contributed by atoms with Crippen LogP contribution in [-0.4, -0.2) is 45.8 Å². The Balaban J connectivity index is 1.50. The number of carbonyl (C=O) groups excluding carboxylic acids is 2. The molecule has 2 aromatic rings. The molecule has 6 nitrogen and oxygen atoms in total. The lowest BCUT2D eigenvalue weighted by atomic mass is 9.89. The summed E-state index contributed by atoms with van der Waals surface area (Å²) in [6.07, 6.45) is 4.27. The van der Waals surface area contributed by atoms with E-state index in [-0.39, 0.29) is 40.0 Å². The van der Waals surface area contributed by atoms with Gasteiger partial charge in [-0.05, 0) is 58.2 Å². The maximum atomic E-state index is 13.5. The van der Waals surface area contributed by atoms with Crippen molar-refractivity contribution < 1.29 is 9.59 Å². The molecule has 31 heavy (non-hydrogen) atoms. The van der Waals surface area contributed by atoms with E-state index >= 15 is 0 Å². The number of hydrogen-bond acceptors (Lipinski definition) is 4. The van der Waals surface area contributed by atoms with Gasteiger partial charge in [0.25, 0.3) is 5.91 Å². The van der Waals surface area contributed by atoms with Gasteiger partial charge in [-0.3, -0.25) is 14.6 Å². The van der Waals surface area contributed by atoms with E-state index in [1.54, 1.807) is 18.5 Å². The monoisotopic (exact) mass is 486 g/mol. The molecule has 1 saturated heterocycles. The van der Waals surface area contributed by atoms with E-state index in [1.807, 2.05) is 11.0 Å². The van der Waals surface area contributed by atoms with Crippen LogP contribution in [0.25, 0.3) is 10.9 Å². The Bertz CT molecular complexity index is 1050. The molecular weight excluding hydrogens is 456 g/mol. The fourth-order valence-corrected chi connectivity index (χ4v) is 5.70. The van der Waals surface area contributed by atoms with Gasteiger partial charge in [-0.25, -0.2) is 4.98 Å². The van der Waals surface area contributed by atoms with Crippen molar-refractivity contribution in [2.45, 2.75) is 54.0 Å². The minimum atomic E-state index is -0.380. The van der Waals surface area contributed by atoms with E-state index in [4.69, 9.17) is 0 Å². The molecule has 1 aliphatic heterocycles. The summed E-state index contributed by atoms with van der Waals surface area (Å²) in [5.41, 5.74) is 0.607. The maximum absolute atomic E-state index is 13.5. The molecule has 0 aromatic carbocycles. The first-order valence-corrected chi connectivity index (χ1v) is 11.7. The quantitative estimate of drug-likeness (QED) is 0.695. The minimum Gasteiger partial charge on any atom is -0.346 e. The summed E-state index contributed by atoms with van der Waals surface area (Å²) in [7, 11) is 0. The van der Waals surface area contributed by atoms with Crippen molar-refractivity contribution in [2.75, 3.05) is 13.1 Å². The van der Waals surface area contributed by atoms with Crippen molar-refractivity contribution in [2.24, 2.45) is 22.2 Å². The van der Waals surface area contributed by atoms with Crippen LogP contribution in [0.15, 0.2) is 29.0 Å². The summed E-state index contributed by atoms with van der Waals surface area (Å²) >= 11 is 3.45. The minimum absolute atomic E-state index is 0.0455. The van der Waals surface area contributed by atoms with Gasteiger partial charge < -0.3 is 10.2 Å². The first-order chi connectivity index (χ1) is 14.4. The van der Waals surface area contributed by atoms with Crippen LogP contribution >= 0.6 is 15.9 Å². The summed E-state index contributed by atoms with van der Waals surface area (Å²) in [5, 5.41) is 4.01. The number of nitrogens with one attached hydrogen (secondary N) is 1. The smallest absolute Gasteiger partial charge is 0.270 e. The molecule has 2 aliphatic rings. The van der Waals surface area contributed by atoms with Gasteiger partial charge in [0, 0.05) is 36.9 Å². The highest BCUT2D eigenvalue weighted by Gasteiger charge is 2.78. The largest absolute Gasteiger partial charge is 0.346 e. The highest BCUT2D eigenvalue weighted by Crippen LogP contribution is 2.78. The van der Waals surface area contributed by atoms with Crippen molar-refractivity contribution in [3.05, 3.63) is 34.7 Å². The molecule has 4 rings (SSSR count). The molecule has 0 bridgehead atoms. The SMILES string of the molecule is CC1CCN(C(=O)C2(C)C(C)(C)C2(C)C)CC1NC(=O)c1ccc2cncc(Br)c2n1. The highest BCUT2D eigenvalue weighted by atomic mass is 79.9. The van der Waals surface area contributed by atoms with Crippen LogP contribution in [0.2, 0.25) is 0 Å². The van der Waals surface area contributed by atoms with E-state index in [9.17, 15) is 9.59 Å². The normalized spacial score (nSPS) is 25.8. The van der Waals surface area contributed by atoms with E-state index in [2.05, 4.69) is 72.8 Å². The zero-order valence-corrected chi connectivity index (χ0v) is 20.7. The fourth-order valence-electron chi connectivity index (χ4n) is 5.26. The van der Waals surface area contributed by atoms with Crippen molar-refractivity contribution in [1.82, 2.24) is 20.2 Å². The Labute approximate surface area is 192 Å². The number of piperidine rings is 1. The van der Waals surface area contributed by atoms with Crippen LogP contribution in [0.5, 0.6) is 0 Å². The number of pyridine rings is 2. The second-order valence-corrected chi connectivity index (χ2v) is 11.2. The van der Waals surface area contributed by atoms with Gasteiger partial charge in [-0.2, -0.15) is 0 Å². The lowest BCUT2D eigenvalue weighted by Crippen LogP contribution is -2.55. The van der Waals surface area contributed by atoms with Gasteiger partial charge in [-0.1, -0.05) is 34.6 Å². The van der Waals surface area contributed by atoms with Gasteiger partial charge in [0.05, 0.1) is 15.4 Å². The number of rotatable bonds is 3. The summed E-state index contributed by atoms with van der Waals surface area (Å²) in [6, 6.07) is 3.48. The van der Waals surface area contributed by atoms with Gasteiger partial charge in [0.1, 0.15) is 5.69 Å². The Morgan fingerprint density at radius 2 is 1.81 bits per heavy atom. The number of fused-ring (bicyclic) bond motifs is 1. The van der Waals surface area contributed by atoms with E-state index in [1.165, 1.54) is 0 Å². The molecule has 1 aliphatic carbocycles. The van der Waals surface area contributed by atoms with Gasteiger partial charge in [0.15, 0.2) is 0 Å². The first-order valence-electron chi connectivity index (χ1n) is 10.9. The van der Waals surface area contributed by atoms with E-state index in [0.717, 1.165) is 22.8 Å². The number of carbonyl (C=O) groups is 2. The van der Waals surface area contributed by atoms with Crippen LogP contribution in [-0.2, 0) is 4.79 Å². The third kappa shape index (κ3) is 3.19. The summed E-state index contributed by atoms with van der Waals surface area (Å²) in [5.74, 6) is 0.279.